The summed E-state index contributed by atoms with van der Waals surface area (Å²) in [5.74, 6) is -0.843. The maximum atomic E-state index is 13.2. The standard InChI is InChI=1S/C26H20ClNO4/c1-15-13-18-14-17(9-12-21(18)32-15)24(29)22-23(16-7-10-19(27)11-8-16)28(26(31)25(22)30)20-5-3-2-4-6-20/h2-12,14-15,23,29H,13H2,1H3/b24-22-. The molecule has 2 atom stereocenters. The summed E-state index contributed by atoms with van der Waals surface area (Å²) in [6, 6.07) is 20.5. The van der Waals surface area contributed by atoms with Crippen LogP contribution in [-0.2, 0) is 16.0 Å². The molecule has 160 valence electrons. The molecule has 6 heteroatoms. The summed E-state index contributed by atoms with van der Waals surface area (Å²) in [4.78, 5) is 27.7. The number of aliphatic hydroxyl groups excluding tert-OH is 1. The second-order valence-corrected chi connectivity index (χ2v) is 8.45. The number of fused-ring (bicyclic) bond motifs is 1. The van der Waals surface area contributed by atoms with E-state index >= 15 is 0 Å². The number of ketones is 1. The molecule has 0 radical (unpaired) electrons. The molecule has 3 aromatic rings. The van der Waals surface area contributed by atoms with Crippen LogP contribution in [0.15, 0.2) is 78.4 Å². The summed E-state index contributed by atoms with van der Waals surface area (Å²) in [5.41, 5.74) is 2.74. The third kappa shape index (κ3) is 3.35. The van der Waals surface area contributed by atoms with Gasteiger partial charge in [-0.25, -0.2) is 0 Å². The lowest BCUT2D eigenvalue weighted by Gasteiger charge is -2.25. The van der Waals surface area contributed by atoms with Crippen LogP contribution in [0.1, 0.15) is 29.7 Å². The van der Waals surface area contributed by atoms with E-state index < -0.39 is 17.7 Å². The van der Waals surface area contributed by atoms with Gasteiger partial charge in [0.15, 0.2) is 0 Å². The van der Waals surface area contributed by atoms with Crippen molar-refractivity contribution in [1.29, 1.82) is 0 Å². The van der Waals surface area contributed by atoms with Crippen molar-refractivity contribution in [2.24, 2.45) is 0 Å². The van der Waals surface area contributed by atoms with Gasteiger partial charge in [0.05, 0.1) is 11.6 Å². The number of amides is 1. The van der Waals surface area contributed by atoms with Crippen molar-refractivity contribution < 1.29 is 19.4 Å². The van der Waals surface area contributed by atoms with E-state index in [1.165, 1.54) is 4.90 Å². The molecule has 0 aromatic heterocycles. The summed E-state index contributed by atoms with van der Waals surface area (Å²) in [6.45, 7) is 1.98. The third-order valence-electron chi connectivity index (χ3n) is 5.83. The summed E-state index contributed by atoms with van der Waals surface area (Å²) < 4.78 is 5.74. The normalized spacial score (nSPS) is 21.5. The smallest absolute Gasteiger partial charge is 0.300 e. The Hall–Kier alpha value is -3.57. The fraction of sp³-hybridized carbons (Fsp3) is 0.154. The lowest BCUT2D eigenvalue weighted by atomic mass is 9.94. The number of halogens is 1. The van der Waals surface area contributed by atoms with Gasteiger partial charge in [-0.1, -0.05) is 41.9 Å². The average molecular weight is 446 g/mol. The number of para-hydroxylation sites is 1. The number of carbonyl (C=O) groups is 2. The molecule has 3 aromatic carbocycles. The first-order valence-corrected chi connectivity index (χ1v) is 10.7. The van der Waals surface area contributed by atoms with E-state index in [1.54, 1.807) is 60.7 Å². The third-order valence-corrected chi connectivity index (χ3v) is 6.09. The van der Waals surface area contributed by atoms with Gasteiger partial charge in [0.1, 0.15) is 17.6 Å². The number of benzene rings is 3. The van der Waals surface area contributed by atoms with Crippen molar-refractivity contribution in [1.82, 2.24) is 0 Å². The maximum Gasteiger partial charge on any atom is 0.300 e. The Bertz CT molecular complexity index is 1250. The van der Waals surface area contributed by atoms with Crippen LogP contribution in [0.25, 0.3) is 5.76 Å². The minimum absolute atomic E-state index is 0.0492. The Morgan fingerprint density at radius 3 is 2.47 bits per heavy atom. The predicted octanol–water partition coefficient (Wildman–Crippen LogP) is 5.29. The molecule has 2 unspecified atom stereocenters. The SMILES string of the molecule is CC1Cc2cc(/C(O)=C3/C(=O)C(=O)N(c4ccccc4)C3c3ccc(Cl)cc3)ccc2O1. The second kappa shape index (κ2) is 7.84. The van der Waals surface area contributed by atoms with Gasteiger partial charge in [0, 0.05) is 22.7 Å². The van der Waals surface area contributed by atoms with E-state index in [9.17, 15) is 14.7 Å². The molecule has 0 aliphatic carbocycles. The van der Waals surface area contributed by atoms with Crippen molar-refractivity contribution in [2.75, 3.05) is 4.90 Å². The number of hydrogen-bond acceptors (Lipinski definition) is 4. The van der Waals surface area contributed by atoms with Gasteiger partial charge in [0.2, 0.25) is 0 Å². The Kier molecular flexibility index (Phi) is 4.98. The highest BCUT2D eigenvalue weighted by molar-refractivity contribution is 6.51. The fourth-order valence-electron chi connectivity index (χ4n) is 4.37. The minimum Gasteiger partial charge on any atom is -0.507 e. The van der Waals surface area contributed by atoms with Crippen LogP contribution in [0.2, 0.25) is 5.02 Å². The van der Waals surface area contributed by atoms with E-state index in [0.29, 0.717) is 21.8 Å². The highest BCUT2D eigenvalue weighted by atomic mass is 35.5. The van der Waals surface area contributed by atoms with Crippen LogP contribution >= 0.6 is 11.6 Å². The quantitative estimate of drug-likeness (QED) is 0.338. The van der Waals surface area contributed by atoms with E-state index in [1.807, 2.05) is 19.1 Å². The maximum absolute atomic E-state index is 13.2. The Balaban J connectivity index is 1.69. The minimum atomic E-state index is -0.780. The van der Waals surface area contributed by atoms with Crippen molar-refractivity contribution in [2.45, 2.75) is 25.5 Å². The highest BCUT2D eigenvalue weighted by Crippen LogP contribution is 2.43. The number of rotatable bonds is 3. The number of ether oxygens (including phenoxy) is 1. The topological polar surface area (TPSA) is 66.8 Å². The zero-order valence-electron chi connectivity index (χ0n) is 17.3. The van der Waals surface area contributed by atoms with Crippen molar-refractivity contribution in [3.63, 3.8) is 0 Å². The van der Waals surface area contributed by atoms with Gasteiger partial charge < -0.3 is 9.84 Å². The molecule has 2 aliphatic heterocycles. The number of carbonyl (C=O) groups excluding carboxylic acids is 2. The van der Waals surface area contributed by atoms with E-state index in [4.69, 9.17) is 16.3 Å². The lowest BCUT2D eigenvalue weighted by molar-refractivity contribution is -0.132. The molecule has 1 saturated heterocycles. The molecule has 1 amide bonds. The van der Waals surface area contributed by atoms with Gasteiger partial charge in [0.25, 0.3) is 11.7 Å². The van der Waals surface area contributed by atoms with Crippen LogP contribution < -0.4 is 9.64 Å². The molecule has 5 rings (SSSR count). The molecule has 5 nitrogen and oxygen atoms in total. The largest absolute Gasteiger partial charge is 0.507 e. The van der Waals surface area contributed by atoms with E-state index in [2.05, 4.69) is 0 Å². The van der Waals surface area contributed by atoms with Gasteiger partial charge in [-0.05, 0) is 60.5 Å². The number of nitrogens with zero attached hydrogens (tertiary/aromatic N) is 1. The molecule has 1 N–H and O–H groups in total. The van der Waals surface area contributed by atoms with E-state index in [-0.39, 0.29) is 17.4 Å². The zero-order valence-corrected chi connectivity index (χ0v) is 18.0. The molecule has 0 saturated carbocycles. The predicted molar refractivity (Wildman–Crippen MR) is 123 cm³/mol. The molecule has 2 aliphatic rings. The summed E-state index contributed by atoms with van der Waals surface area (Å²) >= 11 is 6.07. The Morgan fingerprint density at radius 1 is 1.03 bits per heavy atom. The molecular formula is C26H20ClNO4. The summed E-state index contributed by atoms with van der Waals surface area (Å²) in [6.07, 6.45) is 0.773. The van der Waals surface area contributed by atoms with Crippen LogP contribution in [0.4, 0.5) is 5.69 Å². The number of Topliss-reactive ketones (excluding diaryl/α,β-unsaturated/α-hetero) is 1. The molecule has 2 heterocycles. The van der Waals surface area contributed by atoms with Crippen molar-refractivity contribution in [3.8, 4) is 5.75 Å². The summed E-state index contributed by atoms with van der Waals surface area (Å²) in [7, 11) is 0. The molecule has 1 fully saturated rings. The van der Waals surface area contributed by atoms with Crippen LogP contribution in [0.3, 0.4) is 0 Å². The zero-order chi connectivity index (χ0) is 22.4. The van der Waals surface area contributed by atoms with Crippen LogP contribution in [0.5, 0.6) is 5.75 Å². The Morgan fingerprint density at radius 2 is 1.75 bits per heavy atom. The molecule has 32 heavy (non-hydrogen) atoms. The van der Waals surface area contributed by atoms with Crippen LogP contribution in [0, 0.1) is 0 Å². The lowest BCUT2D eigenvalue weighted by Crippen LogP contribution is -2.29. The van der Waals surface area contributed by atoms with Gasteiger partial charge in [-0.15, -0.1) is 0 Å². The number of hydrogen-bond donors (Lipinski definition) is 1. The van der Waals surface area contributed by atoms with Gasteiger partial charge in [-0.2, -0.15) is 0 Å². The van der Waals surface area contributed by atoms with Gasteiger partial charge >= 0.3 is 0 Å². The second-order valence-electron chi connectivity index (χ2n) is 8.01. The van der Waals surface area contributed by atoms with Crippen molar-refractivity contribution >= 4 is 34.7 Å². The molecular weight excluding hydrogens is 426 g/mol. The number of aliphatic hydroxyl groups is 1. The average Bonchev–Trinajstić information content (AvgIpc) is 3.30. The summed E-state index contributed by atoms with van der Waals surface area (Å²) in [5, 5.41) is 11.8. The van der Waals surface area contributed by atoms with Crippen molar-refractivity contribution in [3.05, 3.63) is 100 Å². The highest BCUT2D eigenvalue weighted by Gasteiger charge is 2.47. The monoisotopic (exact) mass is 445 g/mol. The van der Waals surface area contributed by atoms with Crippen LogP contribution in [-0.4, -0.2) is 22.9 Å². The first-order chi connectivity index (χ1) is 15.4. The fourth-order valence-corrected chi connectivity index (χ4v) is 4.50. The first-order valence-electron chi connectivity index (χ1n) is 10.4. The molecule has 0 bridgehead atoms. The van der Waals surface area contributed by atoms with Gasteiger partial charge in [-0.3, -0.25) is 14.5 Å². The van der Waals surface area contributed by atoms with E-state index in [0.717, 1.165) is 17.7 Å². The number of anilines is 1. The molecule has 0 spiro atoms. The Labute approximate surface area is 190 Å². The first kappa shape index (κ1) is 20.3.